The third kappa shape index (κ3) is 5.58. The van der Waals surface area contributed by atoms with Crippen LogP contribution >= 0.6 is 0 Å². The maximum Gasteiger partial charge on any atom is 0.404 e. The highest BCUT2D eigenvalue weighted by Crippen LogP contribution is 2.30. The molecule has 2 bridgehead atoms. The van der Waals surface area contributed by atoms with E-state index >= 15 is 0 Å². The summed E-state index contributed by atoms with van der Waals surface area (Å²) >= 11 is 0. The molecule has 4 rings (SSSR count). The molecule has 0 unspecified atom stereocenters. The van der Waals surface area contributed by atoms with Gasteiger partial charge in [-0.25, -0.2) is 9.78 Å². The Morgan fingerprint density at radius 3 is 2.75 bits per heavy atom. The number of aromatic nitrogens is 2. The van der Waals surface area contributed by atoms with E-state index in [-0.39, 0.29) is 17.9 Å². The van der Waals surface area contributed by atoms with Crippen LogP contribution in [0.3, 0.4) is 0 Å². The fourth-order valence-corrected chi connectivity index (χ4v) is 4.80. The third-order valence-corrected chi connectivity index (χ3v) is 6.66. The predicted molar refractivity (Wildman–Crippen MR) is 123 cm³/mol. The monoisotopic (exact) mass is 436 g/mol. The number of carboxylic acid groups (broad SMARTS) is 1. The van der Waals surface area contributed by atoms with E-state index in [0.717, 1.165) is 56.5 Å². The average molecular weight is 437 g/mol. The highest BCUT2D eigenvalue weighted by molar-refractivity contribution is 5.79. The van der Waals surface area contributed by atoms with Gasteiger partial charge in [-0.05, 0) is 62.8 Å². The Kier molecular flexibility index (Phi) is 7.24. The third-order valence-electron chi connectivity index (χ3n) is 6.66. The van der Waals surface area contributed by atoms with Crippen LogP contribution in [0, 0.1) is 11.8 Å². The molecule has 1 aliphatic heterocycles. The first kappa shape index (κ1) is 22.1. The van der Waals surface area contributed by atoms with Gasteiger partial charge in [-0.15, -0.1) is 0 Å². The quantitative estimate of drug-likeness (QED) is 0.526. The average Bonchev–Trinajstić information content (AvgIpc) is 3.29. The summed E-state index contributed by atoms with van der Waals surface area (Å²) in [6.45, 7) is 0.466. The van der Waals surface area contributed by atoms with Crippen LogP contribution in [0.1, 0.15) is 62.4 Å². The normalized spacial score (nSPS) is 24.3. The van der Waals surface area contributed by atoms with Gasteiger partial charge in [0.25, 0.3) is 0 Å². The zero-order valence-corrected chi connectivity index (χ0v) is 18.3. The molecule has 170 valence electrons. The number of fused-ring (bicyclic) bond motifs is 4. The van der Waals surface area contributed by atoms with Gasteiger partial charge in [0, 0.05) is 18.0 Å². The van der Waals surface area contributed by atoms with Gasteiger partial charge < -0.3 is 20.7 Å². The molecule has 2 aliphatic rings. The molecule has 1 atom stereocenters. The predicted octanol–water partition coefficient (Wildman–Crippen LogP) is 4.59. The molecule has 2 amide bonds. The molecular formula is C25H32N4O3. The van der Waals surface area contributed by atoms with E-state index in [1.54, 1.807) is 0 Å². The second kappa shape index (κ2) is 10.5. The molecule has 1 saturated carbocycles. The Morgan fingerprint density at radius 2 is 1.94 bits per heavy atom. The van der Waals surface area contributed by atoms with Crippen molar-refractivity contribution in [3.8, 4) is 11.3 Å². The molecule has 4 N–H and O–H groups in total. The number of carbonyl (C=O) groups is 2. The first-order valence-electron chi connectivity index (χ1n) is 11.7. The Labute approximate surface area is 188 Å². The number of imidazole rings is 1. The highest BCUT2D eigenvalue weighted by atomic mass is 16.4. The Morgan fingerprint density at radius 1 is 1.12 bits per heavy atom. The van der Waals surface area contributed by atoms with Crippen LogP contribution in [0.2, 0.25) is 0 Å². The number of rotatable bonds is 4. The fourth-order valence-electron chi connectivity index (χ4n) is 4.80. The second-order valence-corrected chi connectivity index (χ2v) is 8.90. The minimum Gasteiger partial charge on any atom is -0.465 e. The van der Waals surface area contributed by atoms with Gasteiger partial charge in [0.1, 0.15) is 5.82 Å². The highest BCUT2D eigenvalue weighted by Gasteiger charge is 2.28. The molecule has 2 heterocycles. The second-order valence-electron chi connectivity index (χ2n) is 8.90. The minimum atomic E-state index is -0.985. The summed E-state index contributed by atoms with van der Waals surface area (Å²) in [6.07, 6.45) is 12.4. The molecule has 1 aromatic carbocycles. The van der Waals surface area contributed by atoms with Crippen LogP contribution in [0.4, 0.5) is 4.79 Å². The van der Waals surface area contributed by atoms with Crippen molar-refractivity contribution in [1.29, 1.82) is 0 Å². The number of benzene rings is 1. The van der Waals surface area contributed by atoms with E-state index in [4.69, 9.17) is 5.11 Å². The molecule has 32 heavy (non-hydrogen) atoms. The Bertz CT molecular complexity index is 960. The minimum absolute atomic E-state index is 0.0309. The molecule has 7 heteroatoms. The lowest BCUT2D eigenvalue weighted by molar-refractivity contribution is -0.127. The van der Waals surface area contributed by atoms with E-state index in [1.807, 2.05) is 12.3 Å². The number of nitrogens with zero attached hydrogens (tertiary/aromatic N) is 1. The molecule has 1 aliphatic carbocycles. The zero-order valence-electron chi connectivity index (χ0n) is 18.3. The molecule has 1 fully saturated rings. The molecule has 0 radical (unpaired) electrons. The topological polar surface area (TPSA) is 107 Å². The van der Waals surface area contributed by atoms with Crippen molar-refractivity contribution in [3.05, 3.63) is 54.0 Å². The summed E-state index contributed by atoms with van der Waals surface area (Å²) < 4.78 is 0. The summed E-state index contributed by atoms with van der Waals surface area (Å²) in [5.41, 5.74) is 3.48. The smallest absolute Gasteiger partial charge is 0.404 e. The van der Waals surface area contributed by atoms with Crippen LogP contribution in [0.5, 0.6) is 0 Å². The summed E-state index contributed by atoms with van der Waals surface area (Å²) in [5.74, 6) is 1.13. The molecule has 0 spiro atoms. The zero-order chi connectivity index (χ0) is 22.3. The number of nitrogens with one attached hydrogen (secondary N) is 3. The first-order valence-corrected chi connectivity index (χ1v) is 11.7. The van der Waals surface area contributed by atoms with Crippen molar-refractivity contribution < 1.29 is 14.7 Å². The van der Waals surface area contributed by atoms with Crippen molar-refractivity contribution in [1.82, 2.24) is 20.6 Å². The Balaban J connectivity index is 1.43. The first-order chi connectivity index (χ1) is 15.6. The molecule has 2 aromatic rings. The largest absolute Gasteiger partial charge is 0.465 e. The summed E-state index contributed by atoms with van der Waals surface area (Å²) in [4.78, 5) is 31.8. The molecule has 7 nitrogen and oxygen atoms in total. The van der Waals surface area contributed by atoms with Crippen LogP contribution in [0.25, 0.3) is 11.3 Å². The summed E-state index contributed by atoms with van der Waals surface area (Å²) in [6, 6.07) is 8.23. The van der Waals surface area contributed by atoms with Crippen LogP contribution < -0.4 is 10.6 Å². The SMILES string of the molecule is O=C(O)NCC1CCC(C(=O)N[C@H]2C/C=C/CCCc3ccccc3-c3cnc2[nH]3)CC1. The van der Waals surface area contributed by atoms with Gasteiger partial charge in [0.15, 0.2) is 0 Å². The van der Waals surface area contributed by atoms with Crippen molar-refractivity contribution in [2.24, 2.45) is 11.8 Å². The lowest BCUT2D eigenvalue weighted by Gasteiger charge is -2.28. The van der Waals surface area contributed by atoms with E-state index in [0.29, 0.717) is 18.9 Å². The fraction of sp³-hybridized carbons (Fsp3) is 0.480. The van der Waals surface area contributed by atoms with Crippen LogP contribution in [0.15, 0.2) is 42.6 Å². The molecule has 1 aromatic heterocycles. The van der Waals surface area contributed by atoms with E-state index < -0.39 is 6.09 Å². The number of aryl methyl sites for hydroxylation is 1. The van der Waals surface area contributed by atoms with Gasteiger partial charge in [0.2, 0.25) is 5.91 Å². The molecular weight excluding hydrogens is 404 g/mol. The van der Waals surface area contributed by atoms with Crippen molar-refractivity contribution in [2.45, 2.75) is 57.4 Å². The van der Waals surface area contributed by atoms with E-state index in [9.17, 15) is 9.59 Å². The number of hydrogen-bond donors (Lipinski definition) is 4. The van der Waals surface area contributed by atoms with Crippen molar-refractivity contribution in [3.63, 3.8) is 0 Å². The van der Waals surface area contributed by atoms with Crippen molar-refractivity contribution >= 4 is 12.0 Å². The van der Waals surface area contributed by atoms with Gasteiger partial charge in [-0.3, -0.25) is 4.79 Å². The Hall–Kier alpha value is -3.09. The van der Waals surface area contributed by atoms with Gasteiger partial charge in [-0.1, -0.05) is 36.4 Å². The number of carbonyl (C=O) groups excluding carboxylic acids is 1. The van der Waals surface area contributed by atoms with Gasteiger partial charge in [0.05, 0.1) is 17.9 Å². The summed E-state index contributed by atoms with van der Waals surface area (Å²) in [7, 11) is 0. The maximum absolute atomic E-state index is 13.0. The number of amides is 2. The van der Waals surface area contributed by atoms with Crippen molar-refractivity contribution in [2.75, 3.05) is 6.54 Å². The standard InChI is InChI=1S/C25H32N4O3/c30-24(19-13-11-17(12-14-19)15-27-25(31)32)29-21-10-4-2-1-3-7-18-8-5-6-9-20(18)22-16-26-23(21)28-22/h2,4-6,8-9,16-17,19,21,27H,1,3,7,10-15H2,(H,26,28)(H,29,30)(H,31,32)/b4-2+/t17?,19?,21-/m0/s1. The number of hydrogen-bond acceptors (Lipinski definition) is 3. The van der Waals surface area contributed by atoms with Crippen LogP contribution in [-0.4, -0.2) is 33.6 Å². The summed E-state index contributed by atoms with van der Waals surface area (Å²) in [5, 5.41) is 14.5. The number of allylic oxidation sites excluding steroid dienone is 1. The van der Waals surface area contributed by atoms with Gasteiger partial charge >= 0.3 is 6.09 Å². The van der Waals surface area contributed by atoms with Gasteiger partial charge in [-0.2, -0.15) is 0 Å². The number of H-pyrrole nitrogens is 1. The maximum atomic E-state index is 13.0. The van der Waals surface area contributed by atoms with Crippen LogP contribution in [-0.2, 0) is 11.2 Å². The lowest BCUT2D eigenvalue weighted by Crippen LogP contribution is -2.37. The number of aromatic amines is 1. The van der Waals surface area contributed by atoms with E-state index in [2.05, 4.69) is 51.0 Å². The molecule has 0 saturated heterocycles. The van der Waals surface area contributed by atoms with E-state index in [1.165, 1.54) is 11.1 Å². The lowest BCUT2D eigenvalue weighted by atomic mass is 9.81.